The number of esters is 1. The molecule has 0 spiro atoms. The Hall–Kier alpha value is -3.33. The zero-order valence-electron chi connectivity index (χ0n) is 17.5. The quantitative estimate of drug-likeness (QED) is 0.454. The van der Waals surface area contributed by atoms with Crippen LogP contribution in [0.15, 0.2) is 32.2 Å². The van der Waals surface area contributed by atoms with E-state index in [9.17, 15) is 19.2 Å². The predicted octanol–water partition coefficient (Wildman–Crippen LogP) is 2.53. The molecule has 2 N–H and O–H groups in total. The Balaban J connectivity index is 1.89. The van der Waals surface area contributed by atoms with Gasteiger partial charge >= 0.3 is 11.7 Å². The van der Waals surface area contributed by atoms with E-state index >= 15 is 0 Å². The molecular weight excluding hydrogens is 426 g/mol. The number of aryl methyl sites for hydroxylation is 1. The topological polar surface area (TPSA) is 127 Å². The number of carbonyl (C=O) groups is 2. The van der Waals surface area contributed by atoms with Gasteiger partial charge in [-0.15, -0.1) is 0 Å². The van der Waals surface area contributed by atoms with E-state index in [2.05, 4.69) is 0 Å². The Morgan fingerprint density at radius 3 is 2.55 bits per heavy atom. The molecule has 0 unspecified atom stereocenters. The zero-order chi connectivity index (χ0) is 23.0. The van der Waals surface area contributed by atoms with Gasteiger partial charge in [-0.05, 0) is 18.9 Å². The van der Waals surface area contributed by atoms with Gasteiger partial charge < -0.3 is 14.9 Å². The lowest BCUT2D eigenvalue weighted by Gasteiger charge is -2.16. The van der Waals surface area contributed by atoms with Crippen molar-refractivity contribution in [2.24, 2.45) is 13.0 Å². The van der Waals surface area contributed by atoms with Crippen LogP contribution in [-0.4, -0.2) is 27.5 Å². The van der Waals surface area contributed by atoms with Crippen LogP contribution in [0.5, 0.6) is 0 Å². The molecule has 9 nitrogen and oxygen atoms in total. The predicted molar refractivity (Wildman–Crippen MR) is 116 cm³/mol. The molecule has 0 aliphatic carbocycles. The second-order valence-electron chi connectivity index (χ2n) is 7.58. The summed E-state index contributed by atoms with van der Waals surface area (Å²) in [6.07, 6.45) is 0. The number of rotatable bonds is 6. The molecule has 0 radical (unpaired) electrons. The van der Waals surface area contributed by atoms with Crippen molar-refractivity contribution >= 4 is 40.1 Å². The van der Waals surface area contributed by atoms with Crippen molar-refractivity contribution in [3.8, 4) is 0 Å². The van der Waals surface area contributed by atoms with Crippen LogP contribution in [0, 0.1) is 12.8 Å². The molecule has 2 aromatic heterocycles. The number of nitrogen functional groups attached to an aromatic ring is 1. The van der Waals surface area contributed by atoms with E-state index in [0.29, 0.717) is 21.6 Å². The first kappa shape index (κ1) is 22.4. The molecule has 31 heavy (non-hydrogen) atoms. The maximum absolute atomic E-state index is 12.7. The number of hydrogen-bond donors (Lipinski definition) is 1. The van der Waals surface area contributed by atoms with Crippen LogP contribution < -0.4 is 17.0 Å². The number of carbonyl (C=O) groups excluding carboxylic acids is 2. The Labute approximate surface area is 182 Å². The molecule has 3 aromatic rings. The first-order valence-electron chi connectivity index (χ1n) is 9.51. The zero-order valence-corrected chi connectivity index (χ0v) is 18.3. The molecule has 0 saturated carbocycles. The van der Waals surface area contributed by atoms with Crippen LogP contribution in [0.1, 0.15) is 40.3 Å². The van der Waals surface area contributed by atoms with Crippen molar-refractivity contribution in [2.75, 3.05) is 12.3 Å². The van der Waals surface area contributed by atoms with E-state index in [1.165, 1.54) is 7.05 Å². The lowest BCUT2D eigenvalue weighted by atomic mass is 10.1. The number of benzene rings is 1. The Morgan fingerprint density at radius 1 is 1.26 bits per heavy atom. The maximum Gasteiger partial charge on any atom is 0.375 e. The maximum atomic E-state index is 12.7. The van der Waals surface area contributed by atoms with Crippen molar-refractivity contribution in [3.63, 3.8) is 0 Å². The first-order chi connectivity index (χ1) is 14.5. The minimum absolute atomic E-state index is 0.0427. The molecule has 0 saturated heterocycles. The number of para-hydroxylation sites is 1. The first-order valence-corrected chi connectivity index (χ1v) is 9.89. The summed E-state index contributed by atoms with van der Waals surface area (Å²) in [6.45, 7) is 4.86. The van der Waals surface area contributed by atoms with Gasteiger partial charge in [0.15, 0.2) is 12.2 Å². The summed E-state index contributed by atoms with van der Waals surface area (Å²) in [5.74, 6) is -2.02. The van der Waals surface area contributed by atoms with Gasteiger partial charge in [-0.2, -0.15) is 0 Å². The summed E-state index contributed by atoms with van der Waals surface area (Å²) in [5, 5.41) is 0.976. The van der Waals surface area contributed by atoms with Crippen LogP contribution in [0.4, 0.5) is 5.82 Å². The van der Waals surface area contributed by atoms with Crippen LogP contribution in [0.3, 0.4) is 0 Å². The van der Waals surface area contributed by atoms with Gasteiger partial charge in [0.1, 0.15) is 11.4 Å². The smallest absolute Gasteiger partial charge is 0.375 e. The van der Waals surface area contributed by atoms with E-state index < -0.39 is 35.2 Å². The minimum Gasteiger partial charge on any atom is -0.451 e. The van der Waals surface area contributed by atoms with Crippen LogP contribution >= 0.6 is 11.6 Å². The summed E-state index contributed by atoms with van der Waals surface area (Å²) in [5.41, 5.74) is 4.93. The highest BCUT2D eigenvalue weighted by Crippen LogP contribution is 2.31. The molecule has 0 bridgehead atoms. The third kappa shape index (κ3) is 4.00. The van der Waals surface area contributed by atoms with Gasteiger partial charge in [0.05, 0.1) is 5.02 Å². The van der Waals surface area contributed by atoms with Crippen molar-refractivity contribution in [1.29, 1.82) is 0 Å². The van der Waals surface area contributed by atoms with Crippen LogP contribution in [0.25, 0.3) is 11.0 Å². The van der Waals surface area contributed by atoms with Gasteiger partial charge in [-0.1, -0.05) is 37.6 Å². The number of nitrogens with zero attached hydrogens (tertiary/aromatic N) is 2. The van der Waals surface area contributed by atoms with Gasteiger partial charge in [0.2, 0.25) is 11.5 Å². The van der Waals surface area contributed by atoms with Crippen LogP contribution in [-0.2, 0) is 18.3 Å². The standard InChI is InChI=1S/C21H22ClN3O6/c1-10(2)8-25-18(23)15(19(27)24(4)21(25)29)14(26)9-30-20(28)16-11(3)12-6-5-7-13(22)17(12)31-16/h5-7,10H,8-9,23H2,1-4H3. The lowest BCUT2D eigenvalue weighted by Crippen LogP contribution is -2.43. The fourth-order valence-corrected chi connectivity index (χ4v) is 3.47. The second kappa shape index (κ2) is 8.43. The molecule has 2 heterocycles. The summed E-state index contributed by atoms with van der Waals surface area (Å²) < 4.78 is 12.6. The normalized spacial score (nSPS) is 11.3. The molecule has 0 atom stereocenters. The fourth-order valence-electron chi connectivity index (χ4n) is 3.26. The number of hydrogen-bond acceptors (Lipinski definition) is 7. The summed E-state index contributed by atoms with van der Waals surface area (Å²) in [6, 6.07) is 5.08. The Bertz CT molecular complexity index is 1320. The van der Waals surface area contributed by atoms with E-state index in [1.807, 2.05) is 13.8 Å². The van der Waals surface area contributed by atoms with E-state index in [-0.39, 0.29) is 24.0 Å². The molecule has 0 aliphatic heterocycles. The fraction of sp³-hybridized carbons (Fsp3) is 0.333. The molecule has 3 rings (SSSR count). The number of anilines is 1. The number of Topliss-reactive ketones (excluding diaryl/α,β-unsaturated/α-hetero) is 1. The van der Waals surface area contributed by atoms with Gasteiger partial charge in [-0.25, -0.2) is 9.59 Å². The Morgan fingerprint density at radius 2 is 1.94 bits per heavy atom. The highest BCUT2D eigenvalue weighted by molar-refractivity contribution is 6.35. The Kier molecular flexibility index (Phi) is 6.08. The number of ketones is 1. The summed E-state index contributed by atoms with van der Waals surface area (Å²) in [4.78, 5) is 50.0. The average Bonchev–Trinajstić information content (AvgIpc) is 3.06. The number of aromatic nitrogens is 2. The molecule has 10 heteroatoms. The minimum atomic E-state index is -0.885. The average molecular weight is 448 g/mol. The van der Waals surface area contributed by atoms with Crippen molar-refractivity contribution in [3.05, 3.63) is 60.9 Å². The SMILES string of the molecule is Cc1c(C(=O)OCC(=O)c2c(N)n(CC(C)C)c(=O)n(C)c2=O)oc2c(Cl)cccc12. The third-order valence-electron chi connectivity index (χ3n) is 4.85. The number of halogens is 1. The highest BCUT2D eigenvalue weighted by Gasteiger charge is 2.25. The van der Waals surface area contributed by atoms with Crippen LogP contribution in [0.2, 0.25) is 5.02 Å². The molecule has 164 valence electrons. The third-order valence-corrected chi connectivity index (χ3v) is 5.14. The molecule has 0 aliphatic rings. The number of furan rings is 1. The second-order valence-corrected chi connectivity index (χ2v) is 7.99. The van der Waals surface area contributed by atoms with Gasteiger partial charge in [0, 0.05) is 24.5 Å². The summed E-state index contributed by atoms with van der Waals surface area (Å²) >= 11 is 6.09. The lowest BCUT2D eigenvalue weighted by molar-refractivity contribution is 0.0444. The van der Waals surface area contributed by atoms with Gasteiger partial charge in [0.25, 0.3) is 5.56 Å². The molecule has 1 aromatic carbocycles. The van der Waals surface area contributed by atoms with E-state index in [1.54, 1.807) is 25.1 Å². The van der Waals surface area contributed by atoms with Crippen molar-refractivity contribution < 1.29 is 18.7 Å². The molecule has 0 amide bonds. The number of nitrogens with two attached hydrogens (primary N) is 1. The molecular formula is C21H22ClN3O6. The highest BCUT2D eigenvalue weighted by atomic mass is 35.5. The largest absolute Gasteiger partial charge is 0.451 e. The van der Waals surface area contributed by atoms with E-state index in [4.69, 9.17) is 26.5 Å². The number of fused-ring (bicyclic) bond motifs is 1. The molecule has 0 fully saturated rings. The summed E-state index contributed by atoms with van der Waals surface area (Å²) in [7, 11) is 1.26. The van der Waals surface area contributed by atoms with Crippen molar-refractivity contribution in [1.82, 2.24) is 9.13 Å². The van der Waals surface area contributed by atoms with Gasteiger partial charge in [-0.3, -0.25) is 18.7 Å². The van der Waals surface area contributed by atoms with Crippen molar-refractivity contribution in [2.45, 2.75) is 27.3 Å². The monoisotopic (exact) mass is 447 g/mol. The number of ether oxygens (including phenoxy) is 1. The van der Waals surface area contributed by atoms with E-state index in [0.717, 1.165) is 9.13 Å².